The topological polar surface area (TPSA) is 42.4 Å². The van der Waals surface area contributed by atoms with Crippen LogP contribution in [0.2, 0.25) is 0 Å². The first kappa shape index (κ1) is 15.4. The van der Waals surface area contributed by atoms with Gasteiger partial charge in [0.1, 0.15) is 6.10 Å². The van der Waals surface area contributed by atoms with Gasteiger partial charge in [-0.25, -0.2) is 4.98 Å². The Morgan fingerprint density at radius 2 is 1.88 bits per heavy atom. The average molecular weight is 324 g/mol. The Hall–Kier alpha value is -2.10. The normalized spacial score (nSPS) is 19.2. The van der Waals surface area contributed by atoms with Gasteiger partial charge in [0.05, 0.1) is 18.6 Å². The van der Waals surface area contributed by atoms with E-state index < -0.39 is 0 Å². The third kappa shape index (κ3) is 3.37. The number of carbonyl (C=O) groups is 1. The number of ether oxygens (including phenoxy) is 1. The number of likely N-dealkylation sites (tertiary alicyclic amines) is 1. The van der Waals surface area contributed by atoms with E-state index in [1.165, 1.54) is 32.1 Å². The maximum absolute atomic E-state index is 12.3. The Balaban J connectivity index is 1.28. The monoisotopic (exact) mass is 324 g/mol. The molecule has 2 heterocycles. The Kier molecular flexibility index (Phi) is 4.37. The number of para-hydroxylation sites is 1. The van der Waals surface area contributed by atoms with E-state index in [1.807, 2.05) is 41.3 Å². The molecular formula is C20H24N2O2. The highest BCUT2D eigenvalue weighted by molar-refractivity contribution is 5.79. The number of aromatic nitrogens is 1. The number of amides is 1. The van der Waals surface area contributed by atoms with Gasteiger partial charge in [0, 0.05) is 17.9 Å². The zero-order valence-corrected chi connectivity index (χ0v) is 14.0. The summed E-state index contributed by atoms with van der Waals surface area (Å²) in [6.45, 7) is 1.39. The molecule has 1 aliphatic heterocycles. The quantitative estimate of drug-likeness (QED) is 0.859. The van der Waals surface area contributed by atoms with Gasteiger partial charge in [-0.05, 0) is 30.9 Å². The number of hydrogen-bond donors (Lipinski definition) is 0. The molecule has 1 saturated heterocycles. The van der Waals surface area contributed by atoms with Gasteiger partial charge in [0.2, 0.25) is 11.8 Å². The first-order valence-electron chi connectivity index (χ1n) is 9.08. The molecule has 4 rings (SSSR count). The summed E-state index contributed by atoms with van der Waals surface area (Å²) in [6, 6.07) is 12.0. The number of hydrogen-bond acceptors (Lipinski definition) is 3. The summed E-state index contributed by atoms with van der Waals surface area (Å²) in [6.07, 6.45) is 7.16. The van der Waals surface area contributed by atoms with Crippen molar-refractivity contribution in [3.63, 3.8) is 0 Å². The maximum atomic E-state index is 12.3. The molecule has 4 heteroatoms. The SMILES string of the molecule is O=C(CC1CCCCC1)N1CC(Oc2ccc3ccccc3n2)C1. The number of benzene rings is 1. The molecule has 126 valence electrons. The minimum absolute atomic E-state index is 0.0777. The molecule has 1 amide bonds. The molecule has 0 spiro atoms. The average Bonchev–Trinajstić information content (AvgIpc) is 2.58. The molecule has 1 aromatic carbocycles. The van der Waals surface area contributed by atoms with E-state index in [9.17, 15) is 4.79 Å². The van der Waals surface area contributed by atoms with Gasteiger partial charge < -0.3 is 9.64 Å². The van der Waals surface area contributed by atoms with Crippen LogP contribution in [0.15, 0.2) is 36.4 Å². The van der Waals surface area contributed by atoms with Gasteiger partial charge in [0.25, 0.3) is 0 Å². The van der Waals surface area contributed by atoms with Crippen LogP contribution in [0.4, 0.5) is 0 Å². The molecule has 0 bridgehead atoms. The molecule has 0 unspecified atom stereocenters. The second-order valence-electron chi connectivity index (χ2n) is 7.09. The predicted molar refractivity (Wildman–Crippen MR) is 93.9 cm³/mol. The Morgan fingerprint density at radius 3 is 2.71 bits per heavy atom. The molecule has 2 fully saturated rings. The van der Waals surface area contributed by atoms with Crippen molar-refractivity contribution in [2.45, 2.75) is 44.6 Å². The number of pyridine rings is 1. The largest absolute Gasteiger partial charge is 0.471 e. The van der Waals surface area contributed by atoms with Crippen LogP contribution in [-0.4, -0.2) is 35.0 Å². The van der Waals surface area contributed by atoms with Gasteiger partial charge in [-0.1, -0.05) is 37.5 Å². The molecule has 2 aliphatic rings. The first-order valence-corrected chi connectivity index (χ1v) is 9.08. The summed E-state index contributed by atoms with van der Waals surface area (Å²) < 4.78 is 5.92. The van der Waals surface area contributed by atoms with Crippen molar-refractivity contribution in [2.75, 3.05) is 13.1 Å². The maximum Gasteiger partial charge on any atom is 0.223 e. The van der Waals surface area contributed by atoms with E-state index in [-0.39, 0.29) is 6.10 Å². The van der Waals surface area contributed by atoms with Crippen molar-refractivity contribution < 1.29 is 9.53 Å². The summed E-state index contributed by atoms with van der Waals surface area (Å²) >= 11 is 0. The number of nitrogens with zero attached hydrogens (tertiary/aromatic N) is 2. The van der Waals surface area contributed by atoms with Crippen LogP contribution in [0.1, 0.15) is 38.5 Å². The molecular weight excluding hydrogens is 300 g/mol. The highest BCUT2D eigenvalue weighted by Gasteiger charge is 2.33. The lowest BCUT2D eigenvalue weighted by Crippen LogP contribution is -2.56. The summed E-state index contributed by atoms with van der Waals surface area (Å²) in [5.74, 6) is 1.56. The lowest BCUT2D eigenvalue weighted by atomic mass is 9.86. The van der Waals surface area contributed by atoms with Gasteiger partial charge in [-0.3, -0.25) is 4.79 Å². The first-order chi connectivity index (χ1) is 11.8. The van der Waals surface area contributed by atoms with Crippen LogP contribution in [0.5, 0.6) is 5.88 Å². The van der Waals surface area contributed by atoms with E-state index >= 15 is 0 Å². The van der Waals surface area contributed by atoms with E-state index in [1.54, 1.807) is 0 Å². The molecule has 2 aromatic rings. The third-order valence-electron chi connectivity index (χ3n) is 5.25. The minimum Gasteiger partial charge on any atom is -0.471 e. The zero-order valence-electron chi connectivity index (χ0n) is 14.0. The Labute approximate surface area is 142 Å². The molecule has 0 atom stereocenters. The Bertz CT molecular complexity index is 718. The molecule has 24 heavy (non-hydrogen) atoms. The molecule has 1 aliphatic carbocycles. The number of carbonyl (C=O) groups excluding carboxylic acids is 1. The van der Waals surface area contributed by atoms with E-state index in [0.717, 1.165) is 17.3 Å². The van der Waals surface area contributed by atoms with Crippen molar-refractivity contribution in [3.8, 4) is 5.88 Å². The summed E-state index contributed by atoms with van der Waals surface area (Å²) in [7, 11) is 0. The van der Waals surface area contributed by atoms with Gasteiger partial charge in [-0.15, -0.1) is 0 Å². The lowest BCUT2D eigenvalue weighted by molar-refractivity contribution is -0.141. The van der Waals surface area contributed by atoms with E-state index in [4.69, 9.17) is 4.74 Å². The minimum atomic E-state index is 0.0777. The van der Waals surface area contributed by atoms with Crippen LogP contribution >= 0.6 is 0 Å². The van der Waals surface area contributed by atoms with Crippen LogP contribution in [0, 0.1) is 5.92 Å². The van der Waals surface area contributed by atoms with Crippen molar-refractivity contribution in [1.82, 2.24) is 9.88 Å². The van der Waals surface area contributed by atoms with E-state index in [0.29, 0.717) is 30.8 Å². The van der Waals surface area contributed by atoms with Crippen LogP contribution in [-0.2, 0) is 4.79 Å². The van der Waals surface area contributed by atoms with Crippen molar-refractivity contribution in [2.24, 2.45) is 5.92 Å². The van der Waals surface area contributed by atoms with Gasteiger partial charge >= 0.3 is 0 Å². The van der Waals surface area contributed by atoms with E-state index in [2.05, 4.69) is 4.98 Å². The summed E-state index contributed by atoms with van der Waals surface area (Å²) in [5.41, 5.74) is 0.944. The van der Waals surface area contributed by atoms with Crippen LogP contribution in [0.25, 0.3) is 10.9 Å². The fraction of sp³-hybridized carbons (Fsp3) is 0.500. The zero-order chi connectivity index (χ0) is 16.4. The second kappa shape index (κ2) is 6.80. The second-order valence-corrected chi connectivity index (χ2v) is 7.09. The highest BCUT2D eigenvalue weighted by atomic mass is 16.5. The van der Waals surface area contributed by atoms with Crippen molar-refractivity contribution in [3.05, 3.63) is 36.4 Å². The molecule has 1 saturated carbocycles. The van der Waals surface area contributed by atoms with Gasteiger partial charge in [-0.2, -0.15) is 0 Å². The predicted octanol–water partition coefficient (Wildman–Crippen LogP) is 3.79. The molecule has 0 radical (unpaired) electrons. The van der Waals surface area contributed by atoms with Crippen LogP contribution < -0.4 is 4.74 Å². The molecule has 0 N–H and O–H groups in total. The fourth-order valence-corrected chi connectivity index (χ4v) is 3.77. The summed E-state index contributed by atoms with van der Waals surface area (Å²) in [4.78, 5) is 18.8. The highest BCUT2D eigenvalue weighted by Crippen LogP contribution is 2.28. The molecule has 4 nitrogen and oxygen atoms in total. The fourth-order valence-electron chi connectivity index (χ4n) is 3.77. The third-order valence-corrected chi connectivity index (χ3v) is 5.25. The van der Waals surface area contributed by atoms with Crippen LogP contribution in [0.3, 0.4) is 0 Å². The standard InChI is InChI=1S/C20H24N2O2/c23-20(12-15-6-2-1-3-7-15)22-13-17(14-22)24-19-11-10-16-8-4-5-9-18(16)21-19/h4-5,8-11,15,17H,1-3,6-7,12-14H2. The smallest absolute Gasteiger partial charge is 0.223 e. The number of fused-ring (bicyclic) bond motifs is 1. The lowest BCUT2D eigenvalue weighted by Gasteiger charge is -2.39. The van der Waals surface area contributed by atoms with Crippen molar-refractivity contribution in [1.29, 1.82) is 0 Å². The van der Waals surface area contributed by atoms with Crippen molar-refractivity contribution >= 4 is 16.8 Å². The Morgan fingerprint density at radius 1 is 1.08 bits per heavy atom. The number of rotatable bonds is 4. The molecule has 1 aromatic heterocycles. The van der Waals surface area contributed by atoms with Gasteiger partial charge in [0.15, 0.2) is 0 Å². The summed E-state index contributed by atoms with van der Waals surface area (Å²) in [5, 5.41) is 1.11.